The second-order valence-electron chi connectivity index (χ2n) is 20.1. The van der Waals surface area contributed by atoms with Gasteiger partial charge in [-0.2, -0.15) is 0 Å². The summed E-state index contributed by atoms with van der Waals surface area (Å²) in [5.74, 6) is 2.22. The van der Waals surface area contributed by atoms with Crippen molar-refractivity contribution < 1.29 is 23.8 Å². The first-order valence-electron chi connectivity index (χ1n) is 20.3. The molecule has 6 aliphatic rings. The van der Waals surface area contributed by atoms with Crippen molar-refractivity contribution in [3.8, 4) is 0 Å². The number of carboxylic acid groups (broad SMARTS) is 1. The Balaban J connectivity index is 1.16. The zero-order valence-electron chi connectivity index (χ0n) is 33.3. The number of carboxylic acids is 1. The highest BCUT2D eigenvalue weighted by atomic mass is 35.5. The van der Waals surface area contributed by atoms with Crippen molar-refractivity contribution in [2.45, 2.75) is 164 Å². The van der Waals surface area contributed by atoms with Crippen molar-refractivity contribution in [1.29, 1.82) is 0 Å². The number of esters is 1. The van der Waals surface area contributed by atoms with E-state index in [0.29, 0.717) is 30.1 Å². The number of rotatable bonds is 8. The lowest BCUT2D eigenvalue weighted by molar-refractivity contribution is -0.232. The molecule has 0 radical (unpaired) electrons. The van der Waals surface area contributed by atoms with Crippen LogP contribution in [-0.4, -0.2) is 33.3 Å². The van der Waals surface area contributed by atoms with Crippen LogP contribution in [0.15, 0.2) is 38.3 Å². The zero-order chi connectivity index (χ0) is 37.6. The maximum Gasteiger partial charge on any atom is 0.309 e. The van der Waals surface area contributed by atoms with Crippen LogP contribution in [0.3, 0.4) is 0 Å². The van der Waals surface area contributed by atoms with Gasteiger partial charge < -0.3 is 14.3 Å². The molecule has 0 saturated heterocycles. The van der Waals surface area contributed by atoms with Crippen LogP contribution < -0.4 is 0 Å². The fourth-order valence-corrected chi connectivity index (χ4v) is 13.5. The van der Waals surface area contributed by atoms with E-state index in [9.17, 15) is 14.7 Å². The third-order valence-electron chi connectivity index (χ3n) is 16.5. The second kappa shape index (κ2) is 12.8. The number of carbonyl (C=O) groups excluding carboxylic acids is 1. The Morgan fingerprint density at radius 2 is 1.67 bits per heavy atom. The van der Waals surface area contributed by atoms with E-state index < -0.39 is 11.4 Å². The first-order chi connectivity index (χ1) is 24.3. The molecule has 0 aliphatic heterocycles. The second-order valence-corrected chi connectivity index (χ2v) is 20.6. The van der Waals surface area contributed by atoms with Crippen molar-refractivity contribution in [3.63, 3.8) is 0 Å². The minimum atomic E-state index is -1.14. The zero-order valence-corrected chi connectivity index (χ0v) is 34.0. The van der Waals surface area contributed by atoms with Crippen molar-refractivity contribution in [3.05, 3.63) is 45.7 Å². The van der Waals surface area contributed by atoms with E-state index >= 15 is 0 Å². The molecule has 0 bridgehead atoms. The minimum Gasteiger partial charge on any atom is -0.481 e. The number of halogens is 1. The minimum absolute atomic E-state index is 0.108. The molecule has 1 N–H and O–H groups in total. The maximum absolute atomic E-state index is 13.1. The van der Waals surface area contributed by atoms with Gasteiger partial charge in [-0.25, -0.2) is 0 Å². The topological polar surface area (TPSA) is 103 Å². The summed E-state index contributed by atoms with van der Waals surface area (Å²) in [6.45, 7) is 20.5. The molecule has 8 heteroatoms. The van der Waals surface area contributed by atoms with Crippen LogP contribution in [0.1, 0.15) is 158 Å². The summed E-state index contributed by atoms with van der Waals surface area (Å²) >= 11 is 6.24. The van der Waals surface area contributed by atoms with Crippen molar-refractivity contribution in [2.75, 3.05) is 0 Å². The van der Waals surface area contributed by atoms with Gasteiger partial charge in [0, 0.05) is 16.9 Å². The fourth-order valence-electron chi connectivity index (χ4n) is 13.3. The largest absolute Gasteiger partial charge is 0.481 e. The Morgan fingerprint density at radius 3 is 2.35 bits per heavy atom. The number of fused-ring (bicyclic) bond motifs is 7. The predicted octanol–water partition coefficient (Wildman–Crippen LogP) is 10.9. The van der Waals surface area contributed by atoms with E-state index in [1.807, 2.05) is 6.08 Å². The number of aliphatic carboxylic acids is 1. The average molecular weight is 735 g/mol. The molecule has 1 aromatic rings. The number of nitrogens with zero attached hydrogens (tertiary/aromatic N) is 2. The molecule has 52 heavy (non-hydrogen) atoms. The van der Waals surface area contributed by atoms with E-state index in [1.54, 1.807) is 25.0 Å². The van der Waals surface area contributed by atoms with E-state index in [-0.39, 0.29) is 45.6 Å². The van der Waals surface area contributed by atoms with Crippen molar-refractivity contribution in [2.24, 2.45) is 50.7 Å². The molecule has 0 aromatic carbocycles. The van der Waals surface area contributed by atoms with E-state index in [4.69, 9.17) is 25.9 Å². The Bertz CT molecular complexity index is 1720. The lowest BCUT2D eigenvalue weighted by Gasteiger charge is -2.72. The molecule has 1 heterocycles. The lowest BCUT2D eigenvalue weighted by Crippen LogP contribution is -2.66. The number of allylic oxidation sites excluding steroid dienone is 6. The van der Waals surface area contributed by atoms with Gasteiger partial charge in [0.05, 0.1) is 17.3 Å². The molecule has 4 saturated carbocycles. The van der Waals surface area contributed by atoms with Gasteiger partial charge in [-0.3, -0.25) is 9.59 Å². The number of carbonyl (C=O) groups is 2. The van der Waals surface area contributed by atoms with Gasteiger partial charge >= 0.3 is 11.9 Å². The summed E-state index contributed by atoms with van der Waals surface area (Å²) in [7, 11) is 0. The Kier molecular flexibility index (Phi) is 9.35. The monoisotopic (exact) mass is 734 g/mol. The summed E-state index contributed by atoms with van der Waals surface area (Å²) in [5, 5.41) is 20.0. The average Bonchev–Trinajstić information content (AvgIpc) is 3.70. The number of ether oxygens (including phenoxy) is 1. The van der Waals surface area contributed by atoms with Gasteiger partial charge in [0.15, 0.2) is 0 Å². The van der Waals surface area contributed by atoms with Gasteiger partial charge in [-0.1, -0.05) is 82.9 Å². The van der Waals surface area contributed by atoms with Crippen LogP contribution >= 0.6 is 11.6 Å². The lowest BCUT2D eigenvalue weighted by atomic mass is 9.33. The molecule has 286 valence electrons. The highest BCUT2D eigenvalue weighted by molar-refractivity contribution is 6.29. The van der Waals surface area contributed by atoms with Crippen LogP contribution in [0.5, 0.6) is 0 Å². The molecule has 8 atom stereocenters. The van der Waals surface area contributed by atoms with E-state index in [2.05, 4.69) is 59.6 Å². The molecule has 0 spiro atoms. The maximum atomic E-state index is 13.1. The fraction of sp³-hybridized carbons (Fsp3) is 0.773. The van der Waals surface area contributed by atoms with Gasteiger partial charge in [0.1, 0.15) is 6.10 Å². The summed E-state index contributed by atoms with van der Waals surface area (Å²) in [5.41, 5.74) is 3.58. The smallest absolute Gasteiger partial charge is 0.309 e. The van der Waals surface area contributed by atoms with Crippen LogP contribution in [-0.2, 0) is 26.2 Å². The number of aromatic nitrogens is 2. The van der Waals surface area contributed by atoms with Gasteiger partial charge in [-0.15, -0.1) is 10.2 Å². The summed E-state index contributed by atoms with van der Waals surface area (Å²) in [4.78, 5) is 24.9. The molecule has 7 rings (SSSR count). The quantitative estimate of drug-likeness (QED) is 0.209. The van der Waals surface area contributed by atoms with E-state index in [0.717, 1.165) is 74.6 Å². The standard InChI is InChI=1S/C44H63ClN2O5/c1-26(2)29-16-21-44(37-47-46-34(52-37)24-27-10-12-28(45)13-11-27)23-22-42(8)30(36(29)44)14-15-32-41(7)19-18-33(51-35(48)25-39(3,4)38(49)50)40(5,6)31(41)17-20-43(32,42)9/h10,12,26,30-33H,11,13-25H2,1-9H3,(H,49,50)/t30?,31-,32+,33?,41-,42+,43?,44-/m0/s1. The van der Waals surface area contributed by atoms with Crippen molar-refractivity contribution in [1.82, 2.24) is 10.2 Å². The molecule has 4 fully saturated rings. The molecule has 0 amide bonds. The molecular weight excluding hydrogens is 672 g/mol. The number of hydrogen-bond donors (Lipinski definition) is 1. The van der Waals surface area contributed by atoms with Crippen LogP contribution in [0.25, 0.3) is 0 Å². The summed E-state index contributed by atoms with van der Waals surface area (Å²) < 4.78 is 12.9. The van der Waals surface area contributed by atoms with Crippen molar-refractivity contribution >= 4 is 23.5 Å². The first-order valence-corrected chi connectivity index (χ1v) is 20.7. The molecule has 6 aliphatic carbocycles. The first kappa shape index (κ1) is 37.9. The van der Waals surface area contributed by atoms with Gasteiger partial charge in [0.2, 0.25) is 11.8 Å². The SMILES string of the molecule is CC(C)C1=C2C3CC[C@H]4C(C)(CC[C@H]5C(C)(C)C(OC(=O)CC(C)(C)C(=O)O)CC[C@@]54C)[C@]3(C)CC[C@@]2(c2nnc(CC3=CC=C(Cl)CC3)o2)CC1. The predicted molar refractivity (Wildman–Crippen MR) is 203 cm³/mol. The van der Waals surface area contributed by atoms with Crippen LogP contribution in [0, 0.1) is 50.7 Å². The number of hydrogen-bond acceptors (Lipinski definition) is 6. The Hall–Kier alpha value is -2.41. The third kappa shape index (κ3) is 5.70. The molecule has 3 unspecified atom stereocenters. The Morgan fingerprint density at radius 1 is 0.923 bits per heavy atom. The highest BCUT2D eigenvalue weighted by Crippen LogP contribution is 2.77. The normalized spacial score (nSPS) is 38.4. The van der Waals surface area contributed by atoms with Crippen LogP contribution in [0.4, 0.5) is 0 Å². The van der Waals surface area contributed by atoms with Gasteiger partial charge in [0.25, 0.3) is 0 Å². The van der Waals surface area contributed by atoms with E-state index in [1.165, 1.54) is 24.8 Å². The van der Waals surface area contributed by atoms with Crippen LogP contribution in [0.2, 0.25) is 0 Å². The molecular formula is C44H63ClN2O5. The third-order valence-corrected chi connectivity index (χ3v) is 16.8. The summed E-state index contributed by atoms with van der Waals surface area (Å²) in [6, 6.07) is 0. The molecule has 7 nitrogen and oxygen atoms in total. The van der Waals surface area contributed by atoms with Gasteiger partial charge in [-0.05, 0) is 137 Å². The molecule has 1 aromatic heterocycles. The highest BCUT2D eigenvalue weighted by Gasteiger charge is 2.70. The summed E-state index contributed by atoms with van der Waals surface area (Å²) in [6.07, 6.45) is 17.3. The Labute approximate surface area is 316 Å².